The largest absolute Gasteiger partial charge is 0.350 e. The summed E-state index contributed by atoms with van der Waals surface area (Å²) in [6.07, 6.45) is 0. The van der Waals surface area contributed by atoms with E-state index < -0.39 is 34.1 Å². The Labute approximate surface area is 205 Å². The molecule has 0 bridgehead atoms. The fourth-order valence-corrected chi connectivity index (χ4v) is 4.46. The standard InChI is InChI=1S/C23H29Cl2N3O4S/c1-16(22(30)26-23(2,3)4)28(14-17-8-6-7-9-20(17)25)21(29)15-27(5)33(31,32)19-12-10-18(24)11-13-19/h6-13,16H,14-15H2,1-5H3,(H,26,30)/t16-/m0/s1. The van der Waals surface area contributed by atoms with E-state index in [1.54, 1.807) is 31.2 Å². The van der Waals surface area contributed by atoms with Gasteiger partial charge in [-0.15, -0.1) is 0 Å². The molecule has 0 aliphatic rings. The number of hydrogen-bond donors (Lipinski definition) is 1. The predicted molar refractivity (Wildman–Crippen MR) is 131 cm³/mol. The first kappa shape index (κ1) is 27.1. The van der Waals surface area contributed by atoms with Gasteiger partial charge in [0.05, 0.1) is 11.4 Å². The molecule has 1 N–H and O–H groups in total. The molecule has 2 amide bonds. The molecule has 0 saturated carbocycles. The Hall–Kier alpha value is -2.13. The maximum absolute atomic E-state index is 13.3. The third-order valence-corrected chi connectivity index (χ3v) is 7.28. The van der Waals surface area contributed by atoms with Crippen LogP contribution in [0.25, 0.3) is 0 Å². The average molecular weight is 514 g/mol. The molecular formula is C23H29Cl2N3O4S. The highest BCUT2D eigenvalue weighted by molar-refractivity contribution is 7.89. The summed E-state index contributed by atoms with van der Waals surface area (Å²) in [7, 11) is -2.62. The number of carbonyl (C=O) groups excluding carboxylic acids is 2. The highest BCUT2D eigenvalue weighted by atomic mass is 35.5. The molecule has 33 heavy (non-hydrogen) atoms. The number of likely N-dealkylation sites (N-methyl/N-ethyl adjacent to an activating group) is 1. The summed E-state index contributed by atoms with van der Waals surface area (Å²) < 4.78 is 26.8. The van der Waals surface area contributed by atoms with E-state index in [1.165, 1.54) is 36.2 Å². The number of amides is 2. The molecule has 0 fully saturated rings. The molecule has 1 atom stereocenters. The number of nitrogens with one attached hydrogen (secondary N) is 1. The molecule has 0 unspecified atom stereocenters. The summed E-state index contributed by atoms with van der Waals surface area (Å²) in [6.45, 7) is 6.71. The number of benzene rings is 2. The van der Waals surface area contributed by atoms with E-state index in [0.717, 1.165) is 4.31 Å². The predicted octanol–water partition coefficient (Wildman–Crippen LogP) is 3.95. The number of sulfonamides is 1. The maximum Gasteiger partial charge on any atom is 0.243 e. The number of hydrogen-bond acceptors (Lipinski definition) is 4. The van der Waals surface area contributed by atoms with Crippen LogP contribution in [0.3, 0.4) is 0 Å². The van der Waals surface area contributed by atoms with E-state index in [4.69, 9.17) is 23.2 Å². The Morgan fingerprint density at radius 1 is 1.03 bits per heavy atom. The Morgan fingerprint density at radius 3 is 2.15 bits per heavy atom. The van der Waals surface area contributed by atoms with Gasteiger partial charge in [0.1, 0.15) is 6.04 Å². The van der Waals surface area contributed by atoms with Crippen molar-refractivity contribution in [3.63, 3.8) is 0 Å². The zero-order valence-corrected chi connectivity index (χ0v) is 21.6. The minimum Gasteiger partial charge on any atom is -0.350 e. The topological polar surface area (TPSA) is 86.8 Å². The molecule has 0 aromatic heterocycles. The lowest BCUT2D eigenvalue weighted by atomic mass is 10.1. The number of carbonyl (C=O) groups is 2. The van der Waals surface area contributed by atoms with Crippen molar-refractivity contribution >= 4 is 45.0 Å². The first-order valence-corrected chi connectivity index (χ1v) is 12.5. The first-order chi connectivity index (χ1) is 15.2. The van der Waals surface area contributed by atoms with Gasteiger partial charge in [0, 0.05) is 29.2 Å². The smallest absolute Gasteiger partial charge is 0.243 e. The lowest BCUT2D eigenvalue weighted by Crippen LogP contribution is -2.54. The third kappa shape index (κ3) is 7.43. The van der Waals surface area contributed by atoms with Gasteiger partial charge in [-0.2, -0.15) is 4.31 Å². The van der Waals surface area contributed by atoms with Gasteiger partial charge in [0.15, 0.2) is 0 Å². The van der Waals surface area contributed by atoms with Gasteiger partial charge in [-0.3, -0.25) is 9.59 Å². The van der Waals surface area contributed by atoms with Crippen molar-refractivity contribution in [3.05, 3.63) is 64.1 Å². The monoisotopic (exact) mass is 513 g/mol. The molecule has 2 aromatic carbocycles. The summed E-state index contributed by atoms with van der Waals surface area (Å²) >= 11 is 12.1. The van der Waals surface area contributed by atoms with Crippen LogP contribution in [0.5, 0.6) is 0 Å². The van der Waals surface area contributed by atoms with Crippen LogP contribution in [0.4, 0.5) is 0 Å². The van der Waals surface area contributed by atoms with E-state index in [9.17, 15) is 18.0 Å². The van der Waals surface area contributed by atoms with E-state index >= 15 is 0 Å². The van der Waals surface area contributed by atoms with E-state index in [-0.39, 0.29) is 17.3 Å². The van der Waals surface area contributed by atoms with Gasteiger partial charge in [0.2, 0.25) is 21.8 Å². The lowest BCUT2D eigenvalue weighted by molar-refractivity contribution is -0.141. The van der Waals surface area contributed by atoms with Gasteiger partial charge < -0.3 is 10.2 Å². The second-order valence-electron chi connectivity index (χ2n) is 8.74. The normalized spacial score (nSPS) is 13.0. The van der Waals surface area contributed by atoms with Crippen molar-refractivity contribution in [3.8, 4) is 0 Å². The van der Waals surface area contributed by atoms with Gasteiger partial charge in [0.25, 0.3) is 0 Å². The molecule has 0 radical (unpaired) electrons. The molecular weight excluding hydrogens is 485 g/mol. The van der Waals surface area contributed by atoms with Crippen LogP contribution in [-0.4, -0.2) is 54.6 Å². The molecule has 2 aromatic rings. The second kappa shape index (κ2) is 10.9. The third-order valence-electron chi connectivity index (χ3n) is 4.84. The van der Waals surface area contributed by atoms with Crippen molar-refractivity contribution in [1.82, 2.24) is 14.5 Å². The molecule has 10 heteroatoms. The van der Waals surface area contributed by atoms with E-state index in [0.29, 0.717) is 15.6 Å². The zero-order valence-electron chi connectivity index (χ0n) is 19.3. The van der Waals surface area contributed by atoms with Crippen LogP contribution in [0.1, 0.15) is 33.3 Å². The summed E-state index contributed by atoms with van der Waals surface area (Å²) in [5.41, 5.74) is 0.144. The molecule has 0 spiro atoms. The molecule has 0 aliphatic heterocycles. The van der Waals surface area contributed by atoms with Gasteiger partial charge >= 0.3 is 0 Å². The Morgan fingerprint density at radius 2 is 1.61 bits per heavy atom. The second-order valence-corrected chi connectivity index (χ2v) is 11.6. The Balaban J connectivity index is 2.31. The highest BCUT2D eigenvalue weighted by Gasteiger charge is 2.31. The minimum atomic E-state index is -3.94. The van der Waals surface area contributed by atoms with Gasteiger partial charge in [-0.05, 0) is 63.6 Å². The van der Waals surface area contributed by atoms with E-state index in [1.807, 2.05) is 20.8 Å². The summed E-state index contributed by atoms with van der Waals surface area (Å²) in [6, 6.07) is 11.8. The summed E-state index contributed by atoms with van der Waals surface area (Å²) in [5.74, 6) is -0.891. The van der Waals surface area contributed by atoms with Crippen molar-refractivity contribution in [1.29, 1.82) is 0 Å². The Kier molecular flexibility index (Phi) is 8.93. The van der Waals surface area contributed by atoms with Crippen LogP contribution in [0, 0.1) is 0 Å². The SMILES string of the molecule is C[C@@H](C(=O)NC(C)(C)C)N(Cc1ccccc1Cl)C(=O)CN(C)S(=O)(=O)c1ccc(Cl)cc1. The Bertz CT molecular complexity index is 1100. The molecule has 0 saturated heterocycles. The highest BCUT2D eigenvalue weighted by Crippen LogP contribution is 2.21. The van der Waals surface area contributed by atoms with Gasteiger partial charge in [-0.25, -0.2) is 8.42 Å². The number of rotatable bonds is 8. The summed E-state index contributed by atoms with van der Waals surface area (Å²) in [4.78, 5) is 27.5. The zero-order chi connectivity index (χ0) is 25.0. The van der Waals surface area contributed by atoms with Crippen LogP contribution in [0.15, 0.2) is 53.4 Å². The van der Waals surface area contributed by atoms with E-state index in [2.05, 4.69) is 5.32 Å². The van der Waals surface area contributed by atoms with Crippen LogP contribution < -0.4 is 5.32 Å². The maximum atomic E-state index is 13.3. The van der Waals surface area contributed by atoms with Crippen LogP contribution >= 0.6 is 23.2 Å². The van der Waals surface area contributed by atoms with Crippen molar-refractivity contribution in [2.24, 2.45) is 0 Å². The van der Waals surface area contributed by atoms with Crippen molar-refractivity contribution < 1.29 is 18.0 Å². The van der Waals surface area contributed by atoms with Crippen molar-refractivity contribution in [2.45, 2.75) is 50.7 Å². The number of halogens is 2. The van der Waals surface area contributed by atoms with Crippen LogP contribution in [0.2, 0.25) is 10.0 Å². The average Bonchev–Trinajstić information content (AvgIpc) is 2.71. The molecule has 180 valence electrons. The molecule has 0 aliphatic carbocycles. The van der Waals surface area contributed by atoms with Crippen molar-refractivity contribution in [2.75, 3.05) is 13.6 Å². The van der Waals surface area contributed by atoms with Gasteiger partial charge in [-0.1, -0.05) is 41.4 Å². The number of nitrogens with zero attached hydrogens (tertiary/aromatic N) is 2. The molecule has 7 nitrogen and oxygen atoms in total. The lowest BCUT2D eigenvalue weighted by Gasteiger charge is -2.32. The quantitative estimate of drug-likeness (QED) is 0.578. The van der Waals surface area contributed by atoms with Crippen LogP contribution in [-0.2, 0) is 26.2 Å². The molecule has 2 rings (SSSR count). The fraction of sp³-hybridized carbons (Fsp3) is 0.391. The summed E-state index contributed by atoms with van der Waals surface area (Å²) in [5, 5.41) is 3.70. The molecule has 0 heterocycles. The fourth-order valence-electron chi connectivity index (χ4n) is 3.02. The first-order valence-electron chi connectivity index (χ1n) is 10.3. The minimum absolute atomic E-state index is 0.0124.